The Bertz CT molecular complexity index is 3580. The van der Waals surface area contributed by atoms with Crippen LogP contribution in [0.3, 0.4) is 0 Å². The minimum Gasteiger partial charge on any atom is -0.384 e. The van der Waals surface area contributed by atoms with E-state index in [1.54, 1.807) is 0 Å². The number of rotatable bonds is 6. The molecule has 4 heteroatoms. The van der Waals surface area contributed by atoms with Crippen molar-refractivity contribution in [2.45, 2.75) is 18.3 Å². The molecule has 1 aliphatic carbocycles. The molecule has 68 heavy (non-hydrogen) atoms. The van der Waals surface area contributed by atoms with Crippen LogP contribution in [0.25, 0.3) is 49.7 Å². The third-order valence-electron chi connectivity index (χ3n) is 14.2. The molecule has 0 bridgehead atoms. The molecule has 1 aliphatic heterocycles. The van der Waals surface area contributed by atoms with Crippen LogP contribution >= 0.6 is 0 Å². The minimum absolute atomic E-state index is 0.0663. The Morgan fingerprint density at radius 2 is 0.971 bits per heavy atom. The maximum Gasteiger partial charge on any atom is 0.123 e. The van der Waals surface area contributed by atoms with Gasteiger partial charge in [0.05, 0.1) is 27.8 Å². The van der Waals surface area contributed by atoms with Crippen LogP contribution in [0.4, 0.5) is 17.1 Å². The van der Waals surface area contributed by atoms with E-state index in [1.807, 2.05) is 6.07 Å². The summed E-state index contributed by atoms with van der Waals surface area (Å²) in [6.07, 6.45) is 0. The molecule has 4 nitrogen and oxygen atoms in total. The Hall–Kier alpha value is -8.73. The Labute approximate surface area is 397 Å². The average molecular weight is 873 g/mol. The van der Waals surface area contributed by atoms with Gasteiger partial charge < -0.3 is 15.2 Å². The molecule has 0 radical (unpaired) electrons. The molecule has 11 aromatic rings. The number of nitrogens with zero attached hydrogens (tertiary/aromatic N) is 2. The number of nitrogens with one attached hydrogen (secondary N) is 1. The lowest BCUT2D eigenvalue weighted by Crippen LogP contribution is -2.36. The van der Waals surface area contributed by atoms with Crippen LogP contribution in [0.15, 0.2) is 249 Å². The number of para-hydroxylation sites is 5. The summed E-state index contributed by atoms with van der Waals surface area (Å²) in [4.78, 5) is 2.39. The molecule has 2 heterocycles. The summed E-state index contributed by atoms with van der Waals surface area (Å²) in [5, 5.41) is 11.3. The number of aromatic nitrogens is 1. The summed E-state index contributed by atoms with van der Waals surface area (Å²) < 4.78 is 2.37. The van der Waals surface area contributed by atoms with Gasteiger partial charge in [-0.3, -0.25) is 5.41 Å². The van der Waals surface area contributed by atoms with Gasteiger partial charge in [0.15, 0.2) is 0 Å². The maximum absolute atomic E-state index is 8.85. The highest BCUT2D eigenvalue weighted by atomic mass is 15.2. The number of anilines is 3. The quantitative estimate of drug-likeness (QED) is 0.129. The predicted octanol–water partition coefficient (Wildman–Crippen LogP) is 15.7. The first-order valence-corrected chi connectivity index (χ1v) is 23.4. The van der Waals surface area contributed by atoms with Crippen molar-refractivity contribution < 1.29 is 0 Å². The summed E-state index contributed by atoms with van der Waals surface area (Å²) >= 11 is 0. The summed E-state index contributed by atoms with van der Waals surface area (Å²) in [5.41, 5.74) is 25.4. The van der Waals surface area contributed by atoms with Gasteiger partial charge in [0.1, 0.15) is 5.84 Å². The zero-order valence-electron chi connectivity index (χ0n) is 37.7. The minimum atomic E-state index is -0.636. The molecule has 1 spiro atoms. The molecular weight excluding hydrogens is 825 g/mol. The number of fused-ring (bicyclic) bond motifs is 12. The van der Waals surface area contributed by atoms with Crippen LogP contribution in [-0.2, 0) is 5.41 Å². The van der Waals surface area contributed by atoms with Crippen LogP contribution < -0.4 is 10.6 Å². The van der Waals surface area contributed by atoms with E-state index in [4.69, 9.17) is 11.1 Å². The summed E-state index contributed by atoms with van der Waals surface area (Å²) in [7, 11) is 0. The topological polar surface area (TPSA) is 58.0 Å². The van der Waals surface area contributed by atoms with Gasteiger partial charge in [-0.05, 0) is 110 Å². The second-order valence-electron chi connectivity index (χ2n) is 17.8. The fourth-order valence-corrected chi connectivity index (χ4v) is 11.2. The molecule has 1 aromatic heterocycles. The molecule has 3 N–H and O–H groups in total. The highest BCUT2D eigenvalue weighted by Gasteiger charge is 2.52. The Balaban J connectivity index is 0.000000295. The van der Waals surface area contributed by atoms with Gasteiger partial charge in [-0.1, -0.05) is 201 Å². The number of nitrogens with two attached hydrogens (primary N) is 1. The summed E-state index contributed by atoms with van der Waals surface area (Å²) in [5.74, 6) is 0.550. The van der Waals surface area contributed by atoms with Gasteiger partial charge in [-0.15, -0.1) is 0 Å². The van der Waals surface area contributed by atoms with Gasteiger partial charge in [0, 0.05) is 33.6 Å². The van der Waals surface area contributed by atoms with E-state index in [1.165, 1.54) is 49.7 Å². The third-order valence-corrected chi connectivity index (χ3v) is 14.2. The third kappa shape index (κ3) is 6.33. The molecule has 0 fully saturated rings. The number of nitrogen functional groups attached to an aromatic ring is 1. The van der Waals surface area contributed by atoms with Crippen LogP contribution in [0.5, 0.6) is 0 Å². The lowest BCUT2D eigenvalue weighted by molar-refractivity contribution is 0.752. The first-order chi connectivity index (χ1) is 33.5. The Kier molecular flexibility index (Phi) is 9.95. The first kappa shape index (κ1) is 40.8. The van der Waals surface area contributed by atoms with Crippen molar-refractivity contribution in [2.24, 2.45) is 5.73 Å². The van der Waals surface area contributed by atoms with Crippen molar-refractivity contribution in [1.29, 1.82) is 5.41 Å². The molecule has 0 saturated heterocycles. The molecule has 2 aliphatic rings. The van der Waals surface area contributed by atoms with Crippen molar-refractivity contribution >= 4 is 44.7 Å². The van der Waals surface area contributed by atoms with E-state index in [9.17, 15) is 0 Å². The van der Waals surface area contributed by atoms with Crippen molar-refractivity contribution in [1.82, 2.24) is 4.57 Å². The number of hydrogen-bond acceptors (Lipinski definition) is 2. The van der Waals surface area contributed by atoms with Crippen LogP contribution in [0, 0.1) is 5.41 Å². The molecule has 0 atom stereocenters. The van der Waals surface area contributed by atoms with Gasteiger partial charge in [-0.25, -0.2) is 0 Å². The predicted molar refractivity (Wildman–Crippen MR) is 283 cm³/mol. The Morgan fingerprint density at radius 1 is 0.456 bits per heavy atom. The molecule has 324 valence electrons. The van der Waals surface area contributed by atoms with Gasteiger partial charge in [0.25, 0.3) is 0 Å². The van der Waals surface area contributed by atoms with E-state index in [0.717, 1.165) is 56.1 Å². The molecule has 0 unspecified atom stereocenters. The van der Waals surface area contributed by atoms with Crippen molar-refractivity contribution in [3.63, 3.8) is 0 Å². The zero-order chi connectivity index (χ0) is 45.8. The van der Waals surface area contributed by atoms with Crippen LogP contribution in [0.1, 0.15) is 51.8 Å². The van der Waals surface area contributed by atoms with E-state index in [0.29, 0.717) is 5.92 Å². The largest absolute Gasteiger partial charge is 0.384 e. The van der Waals surface area contributed by atoms with E-state index in [2.05, 4.69) is 259 Å². The van der Waals surface area contributed by atoms with E-state index < -0.39 is 5.41 Å². The number of benzene rings is 10. The smallest absolute Gasteiger partial charge is 0.123 e. The molecular formula is C64H48N4. The van der Waals surface area contributed by atoms with Crippen molar-refractivity contribution in [2.75, 3.05) is 4.90 Å². The van der Waals surface area contributed by atoms with Crippen LogP contribution in [-0.4, -0.2) is 10.4 Å². The van der Waals surface area contributed by atoms with Gasteiger partial charge in [0.2, 0.25) is 0 Å². The number of amidine groups is 1. The number of hydrogen-bond donors (Lipinski definition) is 2. The fourth-order valence-electron chi connectivity index (χ4n) is 11.2. The Morgan fingerprint density at radius 3 is 1.60 bits per heavy atom. The average Bonchev–Trinajstić information content (AvgIpc) is 3.90. The highest BCUT2D eigenvalue weighted by Crippen LogP contribution is 2.64. The lowest BCUT2D eigenvalue weighted by Gasteiger charge is -2.45. The van der Waals surface area contributed by atoms with Crippen molar-refractivity contribution in [3.8, 4) is 27.9 Å². The van der Waals surface area contributed by atoms with Gasteiger partial charge in [-0.2, -0.15) is 0 Å². The fraction of sp³-hybridized carbons (Fsp3) is 0.0469. The first-order valence-electron chi connectivity index (χ1n) is 23.4. The van der Waals surface area contributed by atoms with E-state index >= 15 is 0 Å². The highest BCUT2D eigenvalue weighted by molar-refractivity contribution is 6.16. The standard InChI is InChI=1S/C50H34N4.C14H14/c51-49(52)37-21-13-24-42-47(37)38-31-32(35-20-14-28-46-48(35)36-19-7-10-25-43(36)53(46)33-15-3-1-4-16-33)29-30-39(38)50(42)40-22-8-11-26-44(40)54(34-17-5-2-6-18-34)45-27-12-9-23-41(45)50;1-12(13-8-4-2-5-9-13)14-10-6-3-7-11-14/h1-31H,(H3,51,52);2-12H,1H3. The second kappa shape index (κ2) is 16.6. The zero-order valence-corrected chi connectivity index (χ0v) is 37.7. The second-order valence-corrected chi connectivity index (χ2v) is 17.8. The molecule has 0 amide bonds. The molecule has 13 rings (SSSR count). The lowest BCUT2D eigenvalue weighted by atomic mass is 9.64. The normalized spacial score (nSPS) is 12.8. The van der Waals surface area contributed by atoms with Crippen molar-refractivity contribution in [3.05, 3.63) is 288 Å². The SMILES string of the molecule is CC(c1ccccc1)c1ccccc1.N=C(N)c1cccc2c1-c1cc(-c3cccc4c3c3ccccc3n4-c3ccccc3)ccc1C21c2ccccc2N(c2ccccc2)c2ccccc21. The molecule has 10 aromatic carbocycles. The summed E-state index contributed by atoms with van der Waals surface area (Å²) in [6.45, 7) is 2.24. The monoisotopic (exact) mass is 872 g/mol. The maximum atomic E-state index is 8.85. The van der Waals surface area contributed by atoms with E-state index in [-0.39, 0.29) is 5.84 Å². The summed E-state index contributed by atoms with van der Waals surface area (Å²) in [6, 6.07) is 88.7. The van der Waals surface area contributed by atoms with Gasteiger partial charge >= 0.3 is 0 Å². The molecule has 0 saturated carbocycles. The van der Waals surface area contributed by atoms with Crippen LogP contribution in [0.2, 0.25) is 0 Å².